The smallest absolute Gasteiger partial charge is 0.0223 e. The van der Waals surface area contributed by atoms with Crippen LogP contribution in [0.4, 0.5) is 0 Å². The highest BCUT2D eigenvalue weighted by atomic mass is 15.3. The summed E-state index contributed by atoms with van der Waals surface area (Å²) >= 11 is 0. The lowest BCUT2D eigenvalue weighted by atomic mass is 10.2. The van der Waals surface area contributed by atoms with Gasteiger partial charge in [-0.15, -0.1) is 0 Å². The van der Waals surface area contributed by atoms with Gasteiger partial charge in [-0.2, -0.15) is 0 Å². The first-order valence-corrected chi connectivity index (χ1v) is 6.12. The van der Waals surface area contributed by atoms with Gasteiger partial charge in [-0.3, -0.25) is 4.90 Å². The van der Waals surface area contributed by atoms with Crippen LogP contribution in [0.25, 0.3) is 0 Å². The Labute approximate surface area is 83.5 Å². The average molecular weight is 183 g/mol. The van der Waals surface area contributed by atoms with Gasteiger partial charge in [0.05, 0.1) is 0 Å². The molecule has 0 radical (unpaired) electrons. The zero-order valence-electron chi connectivity index (χ0n) is 9.39. The zero-order valence-corrected chi connectivity index (χ0v) is 9.39. The molecule has 0 amide bonds. The van der Waals surface area contributed by atoms with Crippen molar-refractivity contribution in [2.75, 3.05) is 13.1 Å². The number of hydrogen-bond acceptors (Lipinski definition) is 1. The first-order chi connectivity index (χ1) is 6.38. The van der Waals surface area contributed by atoms with Crippen LogP contribution in [-0.2, 0) is 0 Å². The second-order valence-corrected chi connectivity index (χ2v) is 4.35. The minimum absolute atomic E-state index is 0.974. The van der Waals surface area contributed by atoms with E-state index in [1.165, 1.54) is 58.0 Å². The van der Waals surface area contributed by atoms with Gasteiger partial charge in [0.2, 0.25) is 0 Å². The number of unbranched alkanes of at least 4 members (excludes halogenated alkanes) is 4. The molecule has 1 aliphatic rings. The van der Waals surface area contributed by atoms with E-state index in [9.17, 15) is 0 Å². The second kappa shape index (κ2) is 6.42. The SMILES string of the molecule is CCCCCCN1CC1CCCC. The quantitative estimate of drug-likeness (QED) is 0.411. The normalized spacial score (nSPS) is 26.3. The largest absolute Gasteiger partial charge is 0.298 e. The van der Waals surface area contributed by atoms with Gasteiger partial charge in [0.1, 0.15) is 0 Å². The van der Waals surface area contributed by atoms with Crippen LogP contribution in [0.3, 0.4) is 0 Å². The van der Waals surface area contributed by atoms with E-state index >= 15 is 0 Å². The maximum absolute atomic E-state index is 2.64. The monoisotopic (exact) mass is 183 g/mol. The van der Waals surface area contributed by atoms with Crippen LogP contribution < -0.4 is 0 Å². The van der Waals surface area contributed by atoms with Crippen molar-refractivity contribution in [3.8, 4) is 0 Å². The van der Waals surface area contributed by atoms with Crippen LogP contribution >= 0.6 is 0 Å². The fraction of sp³-hybridized carbons (Fsp3) is 1.00. The molecule has 0 aromatic rings. The van der Waals surface area contributed by atoms with Crippen LogP contribution in [0, 0.1) is 0 Å². The Morgan fingerprint density at radius 3 is 2.46 bits per heavy atom. The van der Waals surface area contributed by atoms with Crippen molar-refractivity contribution in [2.24, 2.45) is 0 Å². The summed E-state index contributed by atoms with van der Waals surface area (Å²) in [7, 11) is 0. The molecule has 1 aliphatic heterocycles. The maximum atomic E-state index is 2.64. The molecule has 1 heterocycles. The highest BCUT2D eigenvalue weighted by Crippen LogP contribution is 2.23. The highest BCUT2D eigenvalue weighted by Gasteiger charge is 2.31. The molecule has 2 unspecified atom stereocenters. The van der Waals surface area contributed by atoms with E-state index < -0.39 is 0 Å². The average Bonchev–Trinajstić information content (AvgIpc) is 2.88. The van der Waals surface area contributed by atoms with Crippen LogP contribution in [0.5, 0.6) is 0 Å². The number of nitrogens with zero attached hydrogens (tertiary/aromatic N) is 1. The lowest BCUT2D eigenvalue weighted by Gasteiger charge is -2.02. The van der Waals surface area contributed by atoms with Gasteiger partial charge in [-0.05, 0) is 19.4 Å². The summed E-state index contributed by atoms with van der Waals surface area (Å²) in [6.45, 7) is 7.33. The summed E-state index contributed by atoms with van der Waals surface area (Å²) in [6.07, 6.45) is 9.89. The molecule has 0 aromatic heterocycles. The molecule has 0 aromatic carbocycles. The standard InChI is InChI=1S/C12H25N/c1-3-5-7-8-10-13-11-12(13)9-6-4-2/h12H,3-11H2,1-2H3. The second-order valence-electron chi connectivity index (χ2n) is 4.35. The van der Waals surface area contributed by atoms with Gasteiger partial charge in [-0.25, -0.2) is 0 Å². The van der Waals surface area contributed by atoms with Gasteiger partial charge in [0, 0.05) is 12.6 Å². The predicted octanol–water partition coefficient (Wildman–Crippen LogP) is 3.44. The van der Waals surface area contributed by atoms with Gasteiger partial charge in [0.25, 0.3) is 0 Å². The summed E-state index contributed by atoms with van der Waals surface area (Å²) in [6, 6.07) is 0.974. The van der Waals surface area contributed by atoms with Crippen molar-refractivity contribution >= 4 is 0 Å². The van der Waals surface area contributed by atoms with Crippen LogP contribution in [0.1, 0.15) is 58.8 Å². The first kappa shape index (κ1) is 11.0. The topological polar surface area (TPSA) is 3.01 Å². The van der Waals surface area contributed by atoms with Crippen molar-refractivity contribution in [1.29, 1.82) is 0 Å². The van der Waals surface area contributed by atoms with E-state index in [0.717, 1.165) is 6.04 Å². The minimum Gasteiger partial charge on any atom is -0.298 e. The van der Waals surface area contributed by atoms with Gasteiger partial charge >= 0.3 is 0 Å². The summed E-state index contributed by atoms with van der Waals surface area (Å²) < 4.78 is 0. The van der Waals surface area contributed by atoms with Gasteiger partial charge in [0.15, 0.2) is 0 Å². The number of hydrogen-bond donors (Lipinski definition) is 0. The van der Waals surface area contributed by atoms with E-state index in [0.29, 0.717) is 0 Å². The molecule has 1 rings (SSSR count). The Morgan fingerprint density at radius 1 is 1.00 bits per heavy atom. The molecule has 1 saturated heterocycles. The molecule has 0 bridgehead atoms. The summed E-state index contributed by atoms with van der Waals surface area (Å²) in [5.41, 5.74) is 0. The Bertz CT molecular complexity index is 122. The summed E-state index contributed by atoms with van der Waals surface area (Å²) in [5.74, 6) is 0. The molecule has 1 fully saturated rings. The Balaban J connectivity index is 1.83. The molecule has 1 nitrogen and oxygen atoms in total. The molecule has 0 spiro atoms. The fourth-order valence-corrected chi connectivity index (χ4v) is 1.95. The molecule has 13 heavy (non-hydrogen) atoms. The summed E-state index contributed by atoms with van der Waals surface area (Å²) in [4.78, 5) is 2.64. The number of rotatable bonds is 8. The van der Waals surface area contributed by atoms with E-state index in [2.05, 4.69) is 18.7 Å². The highest BCUT2D eigenvalue weighted by molar-refractivity contribution is 4.88. The third-order valence-corrected chi connectivity index (χ3v) is 3.02. The molecular weight excluding hydrogens is 158 g/mol. The van der Waals surface area contributed by atoms with E-state index in [1.54, 1.807) is 0 Å². The van der Waals surface area contributed by atoms with E-state index in [4.69, 9.17) is 0 Å². The molecule has 0 saturated carbocycles. The van der Waals surface area contributed by atoms with Crippen molar-refractivity contribution in [3.05, 3.63) is 0 Å². The molecule has 78 valence electrons. The molecule has 1 heteroatoms. The van der Waals surface area contributed by atoms with E-state index in [1.807, 2.05) is 0 Å². The Kier molecular flexibility index (Phi) is 5.45. The Hall–Kier alpha value is -0.0400. The van der Waals surface area contributed by atoms with Crippen LogP contribution in [-0.4, -0.2) is 24.0 Å². The Morgan fingerprint density at radius 2 is 1.77 bits per heavy atom. The third kappa shape index (κ3) is 4.66. The minimum atomic E-state index is 0.974. The molecule has 0 N–H and O–H groups in total. The van der Waals surface area contributed by atoms with E-state index in [-0.39, 0.29) is 0 Å². The van der Waals surface area contributed by atoms with Crippen molar-refractivity contribution in [2.45, 2.75) is 64.8 Å². The lowest BCUT2D eigenvalue weighted by molar-refractivity contribution is 0.457. The fourth-order valence-electron chi connectivity index (χ4n) is 1.95. The van der Waals surface area contributed by atoms with Crippen molar-refractivity contribution < 1.29 is 0 Å². The summed E-state index contributed by atoms with van der Waals surface area (Å²) in [5, 5.41) is 0. The maximum Gasteiger partial charge on any atom is 0.0223 e. The first-order valence-electron chi connectivity index (χ1n) is 6.12. The van der Waals surface area contributed by atoms with Crippen molar-refractivity contribution in [3.63, 3.8) is 0 Å². The predicted molar refractivity (Wildman–Crippen MR) is 59.0 cm³/mol. The third-order valence-electron chi connectivity index (χ3n) is 3.02. The zero-order chi connectivity index (χ0) is 9.52. The van der Waals surface area contributed by atoms with Crippen LogP contribution in [0.2, 0.25) is 0 Å². The molecule has 0 aliphatic carbocycles. The molecule has 2 atom stereocenters. The van der Waals surface area contributed by atoms with Crippen LogP contribution in [0.15, 0.2) is 0 Å². The molecular formula is C12H25N. The van der Waals surface area contributed by atoms with Crippen molar-refractivity contribution in [1.82, 2.24) is 4.90 Å². The lowest BCUT2D eigenvalue weighted by Crippen LogP contribution is -2.03. The van der Waals surface area contributed by atoms with Gasteiger partial charge < -0.3 is 0 Å². The van der Waals surface area contributed by atoms with Gasteiger partial charge in [-0.1, -0.05) is 46.0 Å².